The van der Waals surface area contributed by atoms with Gasteiger partial charge in [-0.2, -0.15) is 0 Å². The number of amides is 1. The van der Waals surface area contributed by atoms with Crippen molar-refractivity contribution < 1.29 is 9.53 Å². The Kier molecular flexibility index (Phi) is 6.02. The number of hydrogen-bond donors (Lipinski definition) is 2. The number of rotatable bonds is 8. The van der Waals surface area contributed by atoms with E-state index in [1.54, 1.807) is 31.7 Å². The lowest BCUT2D eigenvalue weighted by Crippen LogP contribution is -2.43. The Labute approximate surface area is 118 Å². The second-order valence-corrected chi connectivity index (χ2v) is 3.87. The molecule has 0 radical (unpaired) electrons. The summed E-state index contributed by atoms with van der Waals surface area (Å²) in [5.74, 6) is 0.745. The molecule has 0 saturated heterocycles. The first-order chi connectivity index (χ1) is 9.63. The summed E-state index contributed by atoms with van der Waals surface area (Å²) >= 11 is 0. The third-order valence-corrected chi connectivity index (χ3v) is 2.44. The SMILES string of the molecule is C=C(NC(C)NC=NC)N(C=O)c1cccnc1OC. The zero-order chi connectivity index (χ0) is 15.0. The summed E-state index contributed by atoms with van der Waals surface area (Å²) in [4.78, 5) is 20.5. The van der Waals surface area contributed by atoms with Crippen LogP contribution in [0.4, 0.5) is 5.69 Å². The number of anilines is 1. The number of hydrogen-bond acceptors (Lipinski definition) is 5. The minimum absolute atomic E-state index is 0.142. The van der Waals surface area contributed by atoms with Crippen molar-refractivity contribution in [3.05, 3.63) is 30.7 Å². The van der Waals surface area contributed by atoms with E-state index in [0.717, 1.165) is 0 Å². The van der Waals surface area contributed by atoms with Gasteiger partial charge in [0.1, 0.15) is 11.5 Å². The molecule has 0 fully saturated rings. The molecule has 108 valence electrons. The lowest BCUT2D eigenvalue weighted by molar-refractivity contribution is -0.107. The normalized spacial score (nSPS) is 11.8. The van der Waals surface area contributed by atoms with E-state index in [2.05, 4.69) is 27.2 Å². The molecule has 7 nitrogen and oxygen atoms in total. The number of pyridine rings is 1. The molecule has 0 aliphatic heterocycles. The first-order valence-electron chi connectivity index (χ1n) is 5.99. The van der Waals surface area contributed by atoms with Crippen LogP contribution in [0.15, 0.2) is 35.7 Å². The van der Waals surface area contributed by atoms with Gasteiger partial charge in [0.05, 0.1) is 19.6 Å². The maximum absolute atomic E-state index is 11.3. The predicted molar refractivity (Wildman–Crippen MR) is 78.6 cm³/mol. The number of ether oxygens (including phenoxy) is 1. The Morgan fingerprint density at radius 2 is 2.40 bits per heavy atom. The van der Waals surface area contributed by atoms with Crippen LogP contribution in [-0.4, -0.2) is 38.1 Å². The van der Waals surface area contributed by atoms with Crippen molar-refractivity contribution in [2.75, 3.05) is 19.1 Å². The monoisotopic (exact) mass is 277 g/mol. The fourth-order valence-electron chi connectivity index (χ4n) is 1.54. The van der Waals surface area contributed by atoms with E-state index in [1.807, 2.05) is 6.92 Å². The largest absolute Gasteiger partial charge is 0.479 e. The number of carbonyl (C=O) groups is 1. The second-order valence-electron chi connectivity index (χ2n) is 3.87. The molecule has 0 aliphatic carbocycles. The zero-order valence-corrected chi connectivity index (χ0v) is 11.8. The van der Waals surface area contributed by atoms with E-state index < -0.39 is 0 Å². The smallest absolute Gasteiger partial charge is 0.238 e. The van der Waals surface area contributed by atoms with Gasteiger partial charge < -0.3 is 15.4 Å². The van der Waals surface area contributed by atoms with Gasteiger partial charge in [-0.15, -0.1) is 0 Å². The molecule has 0 aliphatic rings. The van der Waals surface area contributed by atoms with Crippen LogP contribution in [-0.2, 0) is 4.79 Å². The first-order valence-corrected chi connectivity index (χ1v) is 5.99. The van der Waals surface area contributed by atoms with Crippen LogP contribution in [0.3, 0.4) is 0 Å². The third-order valence-electron chi connectivity index (χ3n) is 2.44. The maximum Gasteiger partial charge on any atom is 0.238 e. The van der Waals surface area contributed by atoms with Gasteiger partial charge >= 0.3 is 0 Å². The third kappa shape index (κ3) is 3.98. The lowest BCUT2D eigenvalue weighted by Gasteiger charge is -2.25. The standard InChI is InChI=1S/C13H19N5O2/c1-10(16-8-14-3)17-11(2)18(9-19)12-6-5-7-15-13(12)20-4/h5-10,17H,2H2,1,3-4H3,(H,14,16). The second kappa shape index (κ2) is 7.78. The molecule has 1 heterocycles. The van der Waals surface area contributed by atoms with Crippen LogP contribution < -0.4 is 20.3 Å². The van der Waals surface area contributed by atoms with Crippen LogP contribution in [0.1, 0.15) is 6.92 Å². The lowest BCUT2D eigenvalue weighted by atomic mass is 10.3. The quantitative estimate of drug-likeness (QED) is 0.317. The highest BCUT2D eigenvalue weighted by Crippen LogP contribution is 2.25. The molecular weight excluding hydrogens is 258 g/mol. The molecule has 20 heavy (non-hydrogen) atoms. The molecule has 1 aromatic rings. The van der Waals surface area contributed by atoms with Gasteiger partial charge in [-0.25, -0.2) is 4.98 Å². The Hall–Kier alpha value is -2.57. The fourth-order valence-corrected chi connectivity index (χ4v) is 1.54. The van der Waals surface area contributed by atoms with Gasteiger partial charge in [-0.1, -0.05) is 6.58 Å². The summed E-state index contributed by atoms with van der Waals surface area (Å²) in [5, 5.41) is 6.00. The first kappa shape index (κ1) is 15.5. The highest BCUT2D eigenvalue weighted by Gasteiger charge is 2.16. The summed E-state index contributed by atoms with van der Waals surface area (Å²) in [6.07, 6.45) is 3.65. The molecule has 1 unspecified atom stereocenters. The summed E-state index contributed by atoms with van der Waals surface area (Å²) in [6, 6.07) is 3.44. The summed E-state index contributed by atoms with van der Waals surface area (Å²) in [7, 11) is 3.15. The molecule has 0 bridgehead atoms. The molecule has 1 atom stereocenters. The average Bonchev–Trinajstić information content (AvgIpc) is 2.46. The molecule has 0 saturated carbocycles. The van der Waals surface area contributed by atoms with Crippen molar-refractivity contribution in [1.29, 1.82) is 0 Å². The molecule has 0 spiro atoms. The van der Waals surface area contributed by atoms with Crippen LogP contribution in [0.25, 0.3) is 0 Å². The van der Waals surface area contributed by atoms with Gasteiger partial charge in [0, 0.05) is 13.2 Å². The fraction of sp³-hybridized carbons (Fsp3) is 0.308. The van der Waals surface area contributed by atoms with Gasteiger partial charge in [0.25, 0.3) is 0 Å². The zero-order valence-electron chi connectivity index (χ0n) is 11.8. The Bertz CT molecular complexity index is 489. The van der Waals surface area contributed by atoms with E-state index in [9.17, 15) is 4.79 Å². The van der Waals surface area contributed by atoms with Crippen molar-refractivity contribution in [1.82, 2.24) is 15.6 Å². The molecule has 1 aromatic heterocycles. The van der Waals surface area contributed by atoms with Crippen LogP contribution in [0.5, 0.6) is 5.88 Å². The van der Waals surface area contributed by atoms with Crippen molar-refractivity contribution in [2.24, 2.45) is 4.99 Å². The Balaban J connectivity index is 2.84. The molecule has 0 aromatic carbocycles. The summed E-state index contributed by atoms with van der Waals surface area (Å²) in [5.41, 5.74) is 0.513. The van der Waals surface area contributed by atoms with E-state index in [-0.39, 0.29) is 6.17 Å². The van der Waals surface area contributed by atoms with Crippen molar-refractivity contribution in [3.8, 4) is 5.88 Å². The predicted octanol–water partition coefficient (Wildman–Crippen LogP) is 0.707. The van der Waals surface area contributed by atoms with Crippen molar-refractivity contribution >= 4 is 18.4 Å². The Morgan fingerprint density at radius 3 is 3.00 bits per heavy atom. The highest BCUT2D eigenvalue weighted by molar-refractivity contribution is 5.81. The van der Waals surface area contributed by atoms with Crippen molar-refractivity contribution in [2.45, 2.75) is 13.1 Å². The van der Waals surface area contributed by atoms with E-state index in [4.69, 9.17) is 4.74 Å². The summed E-state index contributed by atoms with van der Waals surface area (Å²) < 4.78 is 5.13. The molecular formula is C13H19N5O2. The molecule has 2 N–H and O–H groups in total. The van der Waals surface area contributed by atoms with Crippen LogP contribution in [0.2, 0.25) is 0 Å². The number of aliphatic imine (C=N–C) groups is 1. The van der Waals surface area contributed by atoms with Crippen LogP contribution in [0, 0.1) is 0 Å². The Morgan fingerprint density at radius 1 is 1.65 bits per heavy atom. The minimum atomic E-state index is -0.142. The van der Waals surface area contributed by atoms with Gasteiger partial charge in [-0.3, -0.25) is 14.7 Å². The number of nitrogens with zero attached hydrogens (tertiary/aromatic N) is 3. The van der Waals surface area contributed by atoms with Gasteiger partial charge in [-0.05, 0) is 19.1 Å². The maximum atomic E-state index is 11.3. The van der Waals surface area contributed by atoms with E-state index in [1.165, 1.54) is 12.0 Å². The summed E-state index contributed by atoms with van der Waals surface area (Å²) in [6.45, 7) is 5.71. The number of aromatic nitrogens is 1. The molecule has 1 amide bonds. The van der Waals surface area contributed by atoms with Gasteiger partial charge in [0.15, 0.2) is 0 Å². The number of methoxy groups -OCH3 is 1. The molecule has 1 rings (SSSR count). The van der Waals surface area contributed by atoms with E-state index >= 15 is 0 Å². The average molecular weight is 277 g/mol. The highest BCUT2D eigenvalue weighted by atomic mass is 16.5. The number of carbonyl (C=O) groups excluding carboxylic acids is 1. The minimum Gasteiger partial charge on any atom is -0.479 e. The van der Waals surface area contributed by atoms with Gasteiger partial charge in [0.2, 0.25) is 12.3 Å². The van der Waals surface area contributed by atoms with Crippen molar-refractivity contribution in [3.63, 3.8) is 0 Å². The van der Waals surface area contributed by atoms with E-state index in [0.29, 0.717) is 23.8 Å². The number of nitrogens with one attached hydrogen (secondary N) is 2. The van der Waals surface area contributed by atoms with Crippen LogP contribution >= 0.6 is 0 Å². The molecule has 7 heteroatoms. The topological polar surface area (TPSA) is 78.9 Å².